The highest BCUT2D eigenvalue weighted by Gasteiger charge is 2.20. The molecule has 2 aromatic rings. The molecule has 20 heavy (non-hydrogen) atoms. The molecule has 0 fully saturated rings. The highest BCUT2D eigenvalue weighted by molar-refractivity contribution is 9.09. The Hall–Kier alpha value is -0.900. The van der Waals surface area contributed by atoms with Crippen LogP contribution in [0.4, 0.5) is 0 Å². The predicted octanol–water partition coefficient (Wildman–Crippen LogP) is 5.25. The summed E-state index contributed by atoms with van der Waals surface area (Å²) < 4.78 is 11.1. The highest BCUT2D eigenvalue weighted by atomic mass is 79.9. The van der Waals surface area contributed by atoms with Gasteiger partial charge < -0.3 is 9.47 Å². The van der Waals surface area contributed by atoms with Gasteiger partial charge in [-0.15, -0.1) is 0 Å². The largest absolute Gasteiger partial charge is 0.486 e. The maximum Gasteiger partial charge on any atom is 0.162 e. The number of rotatable bonds is 2. The third-order valence-electron chi connectivity index (χ3n) is 3.08. The van der Waals surface area contributed by atoms with E-state index in [0.717, 1.165) is 16.9 Å². The van der Waals surface area contributed by atoms with E-state index in [4.69, 9.17) is 32.7 Å². The fourth-order valence-electron chi connectivity index (χ4n) is 2.12. The quantitative estimate of drug-likeness (QED) is 0.669. The van der Waals surface area contributed by atoms with Crippen molar-refractivity contribution in [3.05, 3.63) is 57.6 Å². The highest BCUT2D eigenvalue weighted by Crippen LogP contribution is 2.42. The molecule has 0 radical (unpaired) electrons. The minimum Gasteiger partial charge on any atom is -0.486 e. The van der Waals surface area contributed by atoms with Gasteiger partial charge in [-0.05, 0) is 29.3 Å². The van der Waals surface area contributed by atoms with Gasteiger partial charge in [0.05, 0.1) is 4.83 Å². The Morgan fingerprint density at radius 3 is 2.40 bits per heavy atom. The van der Waals surface area contributed by atoms with Gasteiger partial charge in [0.1, 0.15) is 13.2 Å². The summed E-state index contributed by atoms with van der Waals surface area (Å²) in [5.41, 5.74) is 1.97. The SMILES string of the molecule is Clc1cccc(C(Br)c2cc3c(cc2Cl)OCCO3)c1. The second-order valence-corrected chi connectivity index (χ2v) is 6.19. The molecule has 2 nitrogen and oxygen atoms in total. The summed E-state index contributed by atoms with van der Waals surface area (Å²) in [5, 5.41) is 1.33. The average Bonchev–Trinajstić information content (AvgIpc) is 2.46. The van der Waals surface area contributed by atoms with Crippen molar-refractivity contribution in [1.29, 1.82) is 0 Å². The topological polar surface area (TPSA) is 18.5 Å². The van der Waals surface area contributed by atoms with Crippen LogP contribution < -0.4 is 9.47 Å². The maximum atomic E-state index is 6.35. The average molecular weight is 374 g/mol. The number of hydrogen-bond acceptors (Lipinski definition) is 2. The Balaban J connectivity index is 2.01. The zero-order chi connectivity index (χ0) is 14.1. The summed E-state index contributed by atoms with van der Waals surface area (Å²) >= 11 is 16.0. The van der Waals surface area contributed by atoms with Crippen molar-refractivity contribution in [2.24, 2.45) is 0 Å². The zero-order valence-electron chi connectivity index (χ0n) is 10.4. The molecule has 1 unspecified atom stereocenters. The lowest BCUT2D eigenvalue weighted by Crippen LogP contribution is -2.15. The first-order valence-electron chi connectivity index (χ1n) is 6.14. The van der Waals surface area contributed by atoms with E-state index in [1.165, 1.54) is 0 Å². The molecule has 0 saturated carbocycles. The van der Waals surface area contributed by atoms with E-state index in [1.807, 2.05) is 30.3 Å². The van der Waals surface area contributed by atoms with Crippen molar-refractivity contribution in [2.75, 3.05) is 13.2 Å². The van der Waals surface area contributed by atoms with Gasteiger partial charge >= 0.3 is 0 Å². The van der Waals surface area contributed by atoms with Gasteiger partial charge in [0.15, 0.2) is 11.5 Å². The Labute approximate surface area is 135 Å². The number of alkyl halides is 1. The molecular weight excluding hydrogens is 363 g/mol. The molecule has 0 N–H and O–H groups in total. The summed E-state index contributed by atoms with van der Waals surface area (Å²) in [5.74, 6) is 1.41. The second kappa shape index (κ2) is 5.84. The van der Waals surface area contributed by atoms with Gasteiger partial charge in [-0.3, -0.25) is 0 Å². The molecule has 5 heteroatoms. The van der Waals surface area contributed by atoms with E-state index in [2.05, 4.69) is 15.9 Å². The minimum absolute atomic E-state index is 0.0514. The maximum absolute atomic E-state index is 6.35. The monoisotopic (exact) mass is 372 g/mol. The van der Waals surface area contributed by atoms with Crippen molar-refractivity contribution in [1.82, 2.24) is 0 Å². The molecule has 3 rings (SSSR count). The van der Waals surface area contributed by atoms with Crippen LogP contribution in [-0.2, 0) is 0 Å². The van der Waals surface area contributed by atoms with E-state index >= 15 is 0 Å². The van der Waals surface area contributed by atoms with Crippen LogP contribution in [0.3, 0.4) is 0 Å². The molecule has 2 aromatic carbocycles. The fraction of sp³-hybridized carbons (Fsp3) is 0.200. The van der Waals surface area contributed by atoms with E-state index in [1.54, 1.807) is 6.07 Å². The molecule has 0 saturated heterocycles. The Morgan fingerprint density at radius 1 is 1.00 bits per heavy atom. The molecule has 1 aliphatic rings. The smallest absolute Gasteiger partial charge is 0.162 e. The van der Waals surface area contributed by atoms with Crippen molar-refractivity contribution in [2.45, 2.75) is 4.83 Å². The van der Waals surface area contributed by atoms with E-state index in [9.17, 15) is 0 Å². The van der Waals surface area contributed by atoms with Gasteiger partial charge in [-0.25, -0.2) is 0 Å². The molecule has 1 atom stereocenters. The lowest BCUT2D eigenvalue weighted by molar-refractivity contribution is 0.171. The number of fused-ring (bicyclic) bond motifs is 1. The van der Waals surface area contributed by atoms with E-state index in [-0.39, 0.29) is 4.83 Å². The summed E-state index contributed by atoms with van der Waals surface area (Å²) in [4.78, 5) is -0.0514. The summed E-state index contributed by atoms with van der Waals surface area (Å²) in [6, 6.07) is 11.4. The number of halogens is 3. The first-order valence-corrected chi connectivity index (χ1v) is 7.81. The minimum atomic E-state index is -0.0514. The summed E-state index contributed by atoms with van der Waals surface area (Å²) in [6.45, 7) is 1.10. The van der Waals surface area contributed by atoms with Crippen LogP contribution in [0.5, 0.6) is 11.5 Å². The first-order chi connectivity index (χ1) is 9.65. The van der Waals surface area contributed by atoms with Crippen molar-refractivity contribution in [3.8, 4) is 11.5 Å². The van der Waals surface area contributed by atoms with Gasteiger partial charge in [0.25, 0.3) is 0 Å². The van der Waals surface area contributed by atoms with Crippen LogP contribution in [0, 0.1) is 0 Å². The molecule has 0 spiro atoms. The van der Waals surface area contributed by atoms with Crippen LogP contribution in [0.1, 0.15) is 16.0 Å². The van der Waals surface area contributed by atoms with Crippen molar-refractivity contribution in [3.63, 3.8) is 0 Å². The van der Waals surface area contributed by atoms with Gasteiger partial charge in [0.2, 0.25) is 0 Å². The van der Waals surface area contributed by atoms with Gasteiger partial charge in [-0.2, -0.15) is 0 Å². The Kier molecular flexibility index (Phi) is 4.11. The normalized spacial score (nSPS) is 14.9. The molecule has 0 aromatic heterocycles. The Morgan fingerprint density at radius 2 is 1.70 bits per heavy atom. The third-order valence-corrected chi connectivity index (χ3v) is 4.66. The lowest BCUT2D eigenvalue weighted by Gasteiger charge is -2.21. The molecule has 1 heterocycles. The molecule has 0 bridgehead atoms. The van der Waals surface area contributed by atoms with Gasteiger partial charge in [-0.1, -0.05) is 51.3 Å². The van der Waals surface area contributed by atoms with E-state index in [0.29, 0.717) is 29.0 Å². The molecule has 104 valence electrons. The van der Waals surface area contributed by atoms with Gasteiger partial charge in [0, 0.05) is 16.1 Å². The Bertz CT molecular complexity index is 646. The number of benzene rings is 2. The molecular formula is C15H11BrCl2O2. The van der Waals surface area contributed by atoms with Crippen molar-refractivity contribution >= 4 is 39.1 Å². The molecule has 1 aliphatic heterocycles. The summed E-state index contributed by atoms with van der Waals surface area (Å²) in [6.07, 6.45) is 0. The molecule has 0 aliphatic carbocycles. The first kappa shape index (κ1) is 14.1. The second-order valence-electron chi connectivity index (χ2n) is 4.43. The van der Waals surface area contributed by atoms with Crippen LogP contribution >= 0.6 is 39.1 Å². The van der Waals surface area contributed by atoms with Crippen LogP contribution in [0.2, 0.25) is 10.0 Å². The third kappa shape index (κ3) is 2.76. The standard InChI is InChI=1S/C15H11BrCl2O2/c16-15(9-2-1-3-10(17)6-9)11-7-13-14(8-12(11)18)20-5-4-19-13/h1-3,6-8,15H,4-5H2. The lowest BCUT2D eigenvalue weighted by atomic mass is 10.0. The van der Waals surface area contributed by atoms with Crippen LogP contribution in [-0.4, -0.2) is 13.2 Å². The van der Waals surface area contributed by atoms with E-state index < -0.39 is 0 Å². The van der Waals surface area contributed by atoms with Crippen LogP contribution in [0.25, 0.3) is 0 Å². The van der Waals surface area contributed by atoms with Crippen molar-refractivity contribution < 1.29 is 9.47 Å². The zero-order valence-corrected chi connectivity index (χ0v) is 13.5. The number of ether oxygens (including phenoxy) is 2. The fourth-order valence-corrected chi connectivity index (χ4v) is 3.37. The molecule has 0 amide bonds. The van der Waals surface area contributed by atoms with Crippen LogP contribution in [0.15, 0.2) is 36.4 Å². The predicted molar refractivity (Wildman–Crippen MR) is 84.7 cm³/mol. The number of hydrogen-bond donors (Lipinski definition) is 0. The summed E-state index contributed by atoms with van der Waals surface area (Å²) in [7, 11) is 0.